The topological polar surface area (TPSA) is 62.1 Å². The van der Waals surface area contributed by atoms with Crippen molar-refractivity contribution in [1.29, 1.82) is 0 Å². The monoisotopic (exact) mass is 328 g/mol. The van der Waals surface area contributed by atoms with E-state index in [1.807, 2.05) is 19.1 Å². The number of rotatable bonds is 6. The largest absolute Gasteiger partial charge is 0.493 e. The van der Waals surface area contributed by atoms with Gasteiger partial charge >= 0.3 is 0 Å². The first kappa shape index (κ1) is 15.9. The molecule has 0 bridgehead atoms. The summed E-state index contributed by atoms with van der Waals surface area (Å²) in [5.74, 6) is 1.50. The van der Waals surface area contributed by atoms with Crippen LogP contribution in [0.3, 0.4) is 0 Å². The van der Waals surface area contributed by atoms with Gasteiger partial charge in [0.25, 0.3) is 0 Å². The van der Waals surface area contributed by atoms with Gasteiger partial charge in [0, 0.05) is 5.56 Å². The van der Waals surface area contributed by atoms with Gasteiger partial charge in [-0.25, -0.2) is 4.39 Å². The molecule has 0 aliphatic rings. The first-order chi connectivity index (χ1) is 11.7. The number of hydrogen-bond donors (Lipinski definition) is 0. The Morgan fingerprint density at radius 2 is 1.88 bits per heavy atom. The summed E-state index contributed by atoms with van der Waals surface area (Å²) < 4.78 is 23.8. The number of tetrazole rings is 1. The zero-order valence-electron chi connectivity index (χ0n) is 13.4. The van der Waals surface area contributed by atoms with Gasteiger partial charge in [-0.3, -0.25) is 0 Å². The highest BCUT2D eigenvalue weighted by Crippen LogP contribution is 2.31. The number of aromatic nitrogens is 4. The van der Waals surface area contributed by atoms with E-state index in [0.29, 0.717) is 30.5 Å². The Hall–Kier alpha value is -2.96. The van der Waals surface area contributed by atoms with E-state index < -0.39 is 0 Å². The molecule has 2 aromatic carbocycles. The lowest BCUT2D eigenvalue weighted by Crippen LogP contribution is -2.04. The third-order valence-corrected chi connectivity index (χ3v) is 3.41. The molecular weight excluding hydrogens is 311 g/mol. The number of ether oxygens (including phenoxy) is 2. The van der Waals surface area contributed by atoms with Gasteiger partial charge in [0.2, 0.25) is 5.82 Å². The molecule has 6 nitrogen and oxygen atoms in total. The van der Waals surface area contributed by atoms with Crippen molar-refractivity contribution < 1.29 is 13.9 Å². The Morgan fingerprint density at radius 3 is 2.58 bits per heavy atom. The van der Waals surface area contributed by atoms with E-state index in [2.05, 4.69) is 15.4 Å². The lowest BCUT2D eigenvalue weighted by atomic mass is 10.2. The maximum absolute atomic E-state index is 12.9. The minimum Gasteiger partial charge on any atom is -0.493 e. The van der Waals surface area contributed by atoms with E-state index in [0.717, 1.165) is 11.1 Å². The summed E-state index contributed by atoms with van der Waals surface area (Å²) in [5.41, 5.74) is 1.68. The highest BCUT2D eigenvalue weighted by Gasteiger charge is 2.11. The third-order valence-electron chi connectivity index (χ3n) is 3.41. The van der Waals surface area contributed by atoms with E-state index in [4.69, 9.17) is 9.47 Å². The number of benzene rings is 2. The van der Waals surface area contributed by atoms with Crippen LogP contribution in [-0.2, 0) is 6.54 Å². The fourth-order valence-corrected chi connectivity index (χ4v) is 2.26. The molecule has 1 heterocycles. The lowest BCUT2D eigenvalue weighted by Gasteiger charge is -2.09. The van der Waals surface area contributed by atoms with Gasteiger partial charge in [-0.05, 0) is 48.0 Å². The Bertz CT molecular complexity index is 818. The normalized spacial score (nSPS) is 10.6. The van der Waals surface area contributed by atoms with Crippen LogP contribution in [0.25, 0.3) is 11.4 Å². The molecule has 0 spiro atoms. The predicted octanol–water partition coefficient (Wildman–Crippen LogP) is 2.93. The maximum Gasteiger partial charge on any atom is 0.205 e. The molecule has 7 heteroatoms. The minimum atomic E-state index is -0.271. The molecule has 0 saturated carbocycles. The van der Waals surface area contributed by atoms with Crippen molar-refractivity contribution in [3.05, 3.63) is 53.8 Å². The number of nitrogens with zero attached hydrogens (tertiary/aromatic N) is 4. The molecule has 0 unspecified atom stereocenters. The molecule has 0 amide bonds. The van der Waals surface area contributed by atoms with Gasteiger partial charge in [-0.2, -0.15) is 4.80 Å². The van der Waals surface area contributed by atoms with Gasteiger partial charge in [0.1, 0.15) is 5.82 Å². The van der Waals surface area contributed by atoms with Crippen LogP contribution in [0.1, 0.15) is 12.5 Å². The van der Waals surface area contributed by atoms with Crippen molar-refractivity contribution in [3.8, 4) is 22.9 Å². The zero-order chi connectivity index (χ0) is 16.9. The number of hydrogen-bond acceptors (Lipinski definition) is 5. The minimum absolute atomic E-state index is 0.271. The molecule has 3 aromatic rings. The van der Waals surface area contributed by atoms with Crippen LogP contribution < -0.4 is 9.47 Å². The van der Waals surface area contributed by atoms with Crippen LogP contribution in [0.15, 0.2) is 42.5 Å². The summed E-state index contributed by atoms with van der Waals surface area (Å²) in [6.45, 7) is 2.86. The first-order valence-corrected chi connectivity index (χ1v) is 7.53. The first-order valence-electron chi connectivity index (χ1n) is 7.53. The summed E-state index contributed by atoms with van der Waals surface area (Å²) in [7, 11) is 1.59. The van der Waals surface area contributed by atoms with E-state index in [-0.39, 0.29) is 5.82 Å². The standard InChI is InChI=1S/C17H17FN4O2/c1-3-24-16-10-13(6-9-15(16)23-2)17-19-21-22(20-17)11-12-4-7-14(18)8-5-12/h4-10H,3,11H2,1-2H3. The molecular formula is C17H17FN4O2. The van der Waals surface area contributed by atoms with Crippen molar-refractivity contribution in [2.24, 2.45) is 0 Å². The average molecular weight is 328 g/mol. The molecule has 3 rings (SSSR count). The van der Waals surface area contributed by atoms with Gasteiger partial charge < -0.3 is 9.47 Å². The maximum atomic E-state index is 12.9. The Morgan fingerprint density at radius 1 is 1.08 bits per heavy atom. The summed E-state index contributed by atoms with van der Waals surface area (Å²) in [4.78, 5) is 1.47. The SMILES string of the molecule is CCOc1cc(-c2nnn(Cc3ccc(F)cc3)n2)ccc1OC. The van der Waals surface area contributed by atoms with E-state index in [9.17, 15) is 4.39 Å². The van der Waals surface area contributed by atoms with Crippen LogP contribution >= 0.6 is 0 Å². The lowest BCUT2D eigenvalue weighted by molar-refractivity contribution is 0.311. The quantitative estimate of drug-likeness (QED) is 0.696. The van der Waals surface area contributed by atoms with E-state index in [1.54, 1.807) is 25.3 Å². The van der Waals surface area contributed by atoms with Crippen LogP contribution in [0.2, 0.25) is 0 Å². The van der Waals surface area contributed by atoms with Crippen molar-refractivity contribution in [3.63, 3.8) is 0 Å². The van der Waals surface area contributed by atoms with E-state index >= 15 is 0 Å². The third kappa shape index (κ3) is 3.51. The summed E-state index contributed by atoms with van der Waals surface area (Å²) >= 11 is 0. The molecule has 24 heavy (non-hydrogen) atoms. The molecule has 0 aliphatic carbocycles. The second-order valence-corrected chi connectivity index (χ2v) is 5.07. The van der Waals surface area contributed by atoms with Crippen molar-refractivity contribution in [2.75, 3.05) is 13.7 Å². The Kier molecular flexibility index (Phi) is 4.69. The van der Waals surface area contributed by atoms with Gasteiger partial charge in [-0.15, -0.1) is 10.2 Å². The molecule has 0 atom stereocenters. The Labute approximate surface area is 138 Å². The molecule has 0 aliphatic heterocycles. The molecule has 1 aromatic heterocycles. The van der Waals surface area contributed by atoms with Crippen molar-refractivity contribution in [2.45, 2.75) is 13.5 Å². The number of halogens is 1. The molecule has 0 saturated heterocycles. The smallest absolute Gasteiger partial charge is 0.205 e. The summed E-state index contributed by atoms with van der Waals surface area (Å²) in [5, 5.41) is 12.5. The highest BCUT2D eigenvalue weighted by molar-refractivity contribution is 5.60. The van der Waals surface area contributed by atoms with Gasteiger partial charge in [-0.1, -0.05) is 12.1 Å². The molecule has 0 N–H and O–H groups in total. The van der Waals surface area contributed by atoms with E-state index in [1.165, 1.54) is 16.9 Å². The fourth-order valence-electron chi connectivity index (χ4n) is 2.26. The molecule has 0 radical (unpaired) electrons. The fraction of sp³-hybridized carbons (Fsp3) is 0.235. The van der Waals surface area contributed by atoms with Crippen LogP contribution in [-0.4, -0.2) is 33.9 Å². The van der Waals surface area contributed by atoms with Crippen molar-refractivity contribution >= 4 is 0 Å². The van der Waals surface area contributed by atoms with Crippen LogP contribution in [0.4, 0.5) is 4.39 Å². The highest BCUT2D eigenvalue weighted by atomic mass is 19.1. The average Bonchev–Trinajstić information content (AvgIpc) is 3.06. The predicted molar refractivity (Wildman–Crippen MR) is 86.5 cm³/mol. The summed E-state index contributed by atoms with van der Waals surface area (Å²) in [6, 6.07) is 11.7. The second-order valence-electron chi connectivity index (χ2n) is 5.07. The van der Waals surface area contributed by atoms with Crippen molar-refractivity contribution in [1.82, 2.24) is 20.2 Å². The molecule has 0 fully saturated rings. The summed E-state index contributed by atoms with van der Waals surface area (Å²) in [6.07, 6.45) is 0. The Balaban J connectivity index is 1.82. The van der Waals surface area contributed by atoms with Crippen LogP contribution in [0, 0.1) is 5.82 Å². The van der Waals surface area contributed by atoms with Crippen LogP contribution in [0.5, 0.6) is 11.5 Å². The molecule has 124 valence electrons. The number of methoxy groups -OCH3 is 1. The zero-order valence-corrected chi connectivity index (χ0v) is 13.4. The second kappa shape index (κ2) is 7.08. The van der Waals surface area contributed by atoms with Gasteiger partial charge in [0.15, 0.2) is 11.5 Å². The van der Waals surface area contributed by atoms with Gasteiger partial charge in [0.05, 0.1) is 20.3 Å².